The zero-order chi connectivity index (χ0) is 16.4. The number of piperidine rings is 1. The summed E-state index contributed by atoms with van der Waals surface area (Å²) in [5.74, 6) is 1.11. The van der Waals surface area contributed by atoms with Crippen molar-refractivity contribution in [1.29, 1.82) is 0 Å². The lowest BCUT2D eigenvalue weighted by molar-refractivity contribution is 0.101. The van der Waals surface area contributed by atoms with Crippen LogP contribution in [0.1, 0.15) is 58.1 Å². The van der Waals surface area contributed by atoms with Crippen molar-refractivity contribution in [2.75, 3.05) is 26.7 Å². The first-order valence-electron chi connectivity index (χ1n) is 9.16. The Morgan fingerprint density at radius 3 is 2.39 bits per heavy atom. The van der Waals surface area contributed by atoms with Crippen molar-refractivity contribution in [2.24, 2.45) is 0 Å². The van der Waals surface area contributed by atoms with Crippen LogP contribution in [0.25, 0.3) is 0 Å². The van der Waals surface area contributed by atoms with Crippen molar-refractivity contribution >= 4 is 0 Å². The third kappa shape index (κ3) is 3.89. The summed E-state index contributed by atoms with van der Waals surface area (Å²) in [5, 5.41) is 0. The molecule has 3 heteroatoms. The second kappa shape index (κ2) is 6.82. The molecule has 23 heavy (non-hydrogen) atoms. The maximum absolute atomic E-state index is 6.45. The molecule has 0 saturated carbocycles. The van der Waals surface area contributed by atoms with Crippen molar-refractivity contribution in [1.82, 2.24) is 9.80 Å². The van der Waals surface area contributed by atoms with Gasteiger partial charge in [0.1, 0.15) is 11.9 Å². The Balaban J connectivity index is 1.78. The fourth-order valence-corrected chi connectivity index (χ4v) is 4.04. The average molecular weight is 316 g/mol. The highest BCUT2D eigenvalue weighted by atomic mass is 16.5. The first kappa shape index (κ1) is 16.8. The summed E-state index contributed by atoms with van der Waals surface area (Å²) in [6.07, 6.45) is 5.17. The van der Waals surface area contributed by atoms with E-state index < -0.39 is 0 Å². The van der Waals surface area contributed by atoms with E-state index in [9.17, 15) is 0 Å². The molecule has 0 N–H and O–H groups in total. The van der Waals surface area contributed by atoms with Crippen LogP contribution in [0, 0.1) is 0 Å². The molecule has 1 aromatic rings. The molecule has 2 saturated heterocycles. The van der Waals surface area contributed by atoms with Crippen LogP contribution in [0.3, 0.4) is 0 Å². The number of hydrogen-bond donors (Lipinski definition) is 0. The molecule has 0 aliphatic carbocycles. The van der Waals surface area contributed by atoms with Gasteiger partial charge in [0.2, 0.25) is 0 Å². The zero-order valence-electron chi connectivity index (χ0n) is 15.2. The van der Waals surface area contributed by atoms with E-state index in [2.05, 4.69) is 61.9 Å². The smallest absolute Gasteiger partial charge is 0.124 e. The summed E-state index contributed by atoms with van der Waals surface area (Å²) in [6, 6.07) is 9.23. The Labute approximate surface area is 141 Å². The molecular weight excluding hydrogens is 284 g/mol. The summed E-state index contributed by atoms with van der Waals surface area (Å²) in [4.78, 5) is 5.04. The first-order chi connectivity index (χ1) is 10.9. The molecule has 2 heterocycles. The third-order valence-corrected chi connectivity index (χ3v) is 5.35. The molecule has 0 aromatic heterocycles. The summed E-state index contributed by atoms with van der Waals surface area (Å²) in [7, 11) is 2.20. The predicted octanol–water partition coefficient (Wildman–Crippen LogP) is 4.10. The molecule has 1 atom stereocenters. The van der Waals surface area contributed by atoms with E-state index in [0.29, 0.717) is 12.1 Å². The van der Waals surface area contributed by atoms with Gasteiger partial charge in [-0.25, -0.2) is 0 Å². The van der Waals surface area contributed by atoms with E-state index >= 15 is 0 Å². The van der Waals surface area contributed by atoms with Crippen LogP contribution in [-0.4, -0.2) is 48.1 Å². The Bertz CT molecular complexity index is 515. The Hall–Kier alpha value is -1.06. The first-order valence-corrected chi connectivity index (χ1v) is 9.16. The van der Waals surface area contributed by atoms with E-state index in [-0.39, 0.29) is 5.54 Å². The molecule has 3 nitrogen and oxygen atoms in total. The minimum Gasteiger partial charge on any atom is -0.490 e. The highest BCUT2D eigenvalue weighted by Crippen LogP contribution is 2.41. The third-order valence-electron chi connectivity index (χ3n) is 5.35. The monoisotopic (exact) mass is 316 g/mol. The normalized spacial score (nSPS) is 25.0. The molecule has 2 aliphatic heterocycles. The van der Waals surface area contributed by atoms with Gasteiger partial charge in [0.05, 0.1) is 0 Å². The molecule has 0 amide bonds. The van der Waals surface area contributed by atoms with E-state index in [0.717, 1.165) is 31.7 Å². The molecule has 1 unspecified atom stereocenters. The van der Waals surface area contributed by atoms with E-state index in [4.69, 9.17) is 4.74 Å². The molecule has 3 rings (SSSR count). The van der Waals surface area contributed by atoms with Gasteiger partial charge in [-0.15, -0.1) is 0 Å². The van der Waals surface area contributed by atoms with Crippen molar-refractivity contribution in [3.8, 4) is 5.75 Å². The van der Waals surface area contributed by atoms with Gasteiger partial charge in [-0.05, 0) is 66.1 Å². The van der Waals surface area contributed by atoms with E-state index in [1.165, 1.54) is 24.9 Å². The van der Waals surface area contributed by atoms with Crippen LogP contribution in [0.5, 0.6) is 5.75 Å². The largest absolute Gasteiger partial charge is 0.490 e. The molecule has 2 fully saturated rings. The highest BCUT2D eigenvalue weighted by Gasteiger charge is 2.35. The number of benzene rings is 1. The van der Waals surface area contributed by atoms with Gasteiger partial charge >= 0.3 is 0 Å². The van der Waals surface area contributed by atoms with Crippen molar-refractivity contribution < 1.29 is 4.74 Å². The van der Waals surface area contributed by atoms with E-state index in [1.807, 2.05) is 0 Å². The lowest BCUT2D eigenvalue weighted by atomic mass is 9.98. The van der Waals surface area contributed by atoms with Crippen LogP contribution in [0.15, 0.2) is 24.3 Å². The Morgan fingerprint density at radius 1 is 1.00 bits per heavy atom. The minimum absolute atomic E-state index is 0.210. The van der Waals surface area contributed by atoms with Crippen LogP contribution >= 0.6 is 0 Å². The molecule has 0 bridgehead atoms. The van der Waals surface area contributed by atoms with Gasteiger partial charge in [-0.2, -0.15) is 0 Å². The number of rotatable bonds is 3. The Kier molecular flexibility index (Phi) is 4.98. The van der Waals surface area contributed by atoms with Crippen molar-refractivity contribution in [3.63, 3.8) is 0 Å². The number of likely N-dealkylation sites (tertiary alicyclic amines) is 2. The quantitative estimate of drug-likeness (QED) is 0.835. The van der Waals surface area contributed by atoms with Crippen LogP contribution in [-0.2, 0) is 0 Å². The summed E-state index contributed by atoms with van der Waals surface area (Å²) < 4.78 is 6.45. The average Bonchev–Trinajstić information content (AvgIpc) is 3.00. The van der Waals surface area contributed by atoms with Crippen LogP contribution < -0.4 is 4.74 Å². The van der Waals surface area contributed by atoms with Crippen molar-refractivity contribution in [2.45, 2.75) is 64.1 Å². The van der Waals surface area contributed by atoms with Gasteiger partial charge in [-0.3, -0.25) is 4.90 Å². The molecule has 2 aliphatic rings. The second-order valence-corrected chi connectivity index (χ2v) is 8.18. The predicted molar refractivity (Wildman–Crippen MR) is 96.0 cm³/mol. The summed E-state index contributed by atoms with van der Waals surface area (Å²) in [6.45, 7) is 10.5. The topological polar surface area (TPSA) is 15.7 Å². The maximum atomic E-state index is 6.45. The van der Waals surface area contributed by atoms with Gasteiger partial charge in [0.25, 0.3) is 0 Å². The van der Waals surface area contributed by atoms with Gasteiger partial charge in [-0.1, -0.05) is 18.2 Å². The fourth-order valence-electron chi connectivity index (χ4n) is 4.04. The second-order valence-electron chi connectivity index (χ2n) is 8.18. The van der Waals surface area contributed by atoms with Crippen LogP contribution in [0.4, 0.5) is 0 Å². The lowest BCUT2D eigenvalue weighted by Crippen LogP contribution is -2.41. The molecule has 1 aromatic carbocycles. The SMILES string of the molecule is CN1CCC(Oc2ccccc2C2CCCN2C(C)(C)C)CC1. The summed E-state index contributed by atoms with van der Waals surface area (Å²) >= 11 is 0. The van der Waals surface area contributed by atoms with Crippen LogP contribution in [0.2, 0.25) is 0 Å². The fraction of sp³-hybridized carbons (Fsp3) is 0.700. The molecule has 128 valence electrons. The number of nitrogens with zero attached hydrogens (tertiary/aromatic N) is 2. The minimum atomic E-state index is 0.210. The molecule has 0 radical (unpaired) electrons. The van der Waals surface area contributed by atoms with Gasteiger partial charge in [0.15, 0.2) is 0 Å². The standard InChI is InChI=1S/C20H32N2O/c1-20(2,3)22-13-7-9-18(22)17-8-5-6-10-19(17)23-16-11-14-21(4)15-12-16/h5-6,8,10,16,18H,7,9,11-15H2,1-4H3. The number of ether oxygens (including phenoxy) is 1. The van der Waals surface area contributed by atoms with Gasteiger partial charge in [0, 0.05) is 30.2 Å². The maximum Gasteiger partial charge on any atom is 0.124 e. The van der Waals surface area contributed by atoms with E-state index in [1.54, 1.807) is 0 Å². The van der Waals surface area contributed by atoms with Gasteiger partial charge < -0.3 is 9.64 Å². The number of para-hydroxylation sites is 1. The zero-order valence-corrected chi connectivity index (χ0v) is 15.2. The Morgan fingerprint density at radius 2 is 1.70 bits per heavy atom. The molecular formula is C20H32N2O. The highest BCUT2D eigenvalue weighted by molar-refractivity contribution is 5.37. The number of hydrogen-bond acceptors (Lipinski definition) is 3. The lowest BCUT2D eigenvalue weighted by Gasteiger charge is -2.38. The molecule has 0 spiro atoms. The van der Waals surface area contributed by atoms with Crippen molar-refractivity contribution in [3.05, 3.63) is 29.8 Å². The summed E-state index contributed by atoms with van der Waals surface area (Å²) in [5.41, 5.74) is 1.60.